The summed E-state index contributed by atoms with van der Waals surface area (Å²) in [5.74, 6) is 1.75. The first-order chi connectivity index (χ1) is 18.4. The highest BCUT2D eigenvalue weighted by Gasteiger charge is 2.22. The molecular weight excluding hydrogens is 480 g/mol. The normalized spacial score (nSPS) is 11.6. The van der Waals surface area contributed by atoms with Crippen LogP contribution in [-0.4, -0.2) is 51.0 Å². The minimum absolute atomic E-state index is 0.169. The molecule has 0 atom stereocenters. The lowest BCUT2D eigenvalue weighted by molar-refractivity contribution is 0.0601. The number of aromatic nitrogens is 4. The monoisotopic (exact) mass is 512 g/mol. The number of phenolic OH excluding ortho intramolecular Hbond substituents is 1. The van der Waals surface area contributed by atoms with Crippen LogP contribution >= 0.6 is 0 Å². The Hall–Kier alpha value is -4.17. The summed E-state index contributed by atoms with van der Waals surface area (Å²) in [6, 6.07) is 18.7. The van der Waals surface area contributed by atoms with Crippen LogP contribution in [0.15, 0.2) is 60.7 Å². The predicted octanol–water partition coefficient (Wildman–Crippen LogP) is 5.90. The highest BCUT2D eigenvalue weighted by Crippen LogP contribution is 2.36. The second kappa shape index (κ2) is 10.7. The number of aromatic hydroxyl groups is 1. The number of hydrogen-bond acceptors (Lipinski definition) is 6. The fourth-order valence-corrected chi connectivity index (χ4v) is 4.83. The number of esters is 1. The van der Waals surface area contributed by atoms with E-state index in [1.54, 1.807) is 31.4 Å². The van der Waals surface area contributed by atoms with Crippen LogP contribution in [0.5, 0.6) is 5.75 Å². The zero-order valence-corrected chi connectivity index (χ0v) is 22.1. The van der Waals surface area contributed by atoms with E-state index in [1.165, 1.54) is 7.11 Å². The minimum Gasteiger partial charge on any atom is -0.507 e. The van der Waals surface area contributed by atoms with Crippen LogP contribution in [0.1, 0.15) is 30.6 Å². The SMILES string of the molecule is COCCn1c(-c2ccccc2O)nc2cccc(-c3nc4cc(C(=O)OC)ccc4n3CCC(C)C)c21. The summed E-state index contributed by atoms with van der Waals surface area (Å²) >= 11 is 0. The van der Waals surface area contributed by atoms with E-state index in [-0.39, 0.29) is 5.75 Å². The number of ether oxygens (including phenoxy) is 2. The van der Waals surface area contributed by atoms with Crippen LogP contribution in [0.3, 0.4) is 0 Å². The maximum absolute atomic E-state index is 12.2. The second-order valence-electron chi connectivity index (χ2n) is 9.73. The van der Waals surface area contributed by atoms with Gasteiger partial charge < -0.3 is 23.7 Å². The number of para-hydroxylation sites is 2. The first-order valence-electron chi connectivity index (χ1n) is 12.8. The van der Waals surface area contributed by atoms with Crippen molar-refractivity contribution >= 4 is 28.0 Å². The largest absolute Gasteiger partial charge is 0.507 e. The summed E-state index contributed by atoms with van der Waals surface area (Å²) in [6.45, 7) is 6.20. The van der Waals surface area contributed by atoms with Gasteiger partial charge in [-0.15, -0.1) is 0 Å². The van der Waals surface area contributed by atoms with Gasteiger partial charge in [0.25, 0.3) is 0 Å². The molecule has 0 saturated heterocycles. The Bertz CT molecular complexity index is 1620. The number of rotatable bonds is 9. The molecule has 0 bridgehead atoms. The number of fused-ring (bicyclic) bond motifs is 2. The number of benzene rings is 3. The van der Waals surface area contributed by atoms with Gasteiger partial charge in [0.1, 0.15) is 17.4 Å². The molecule has 0 spiro atoms. The number of imidazole rings is 2. The van der Waals surface area contributed by atoms with E-state index in [1.807, 2.05) is 30.3 Å². The molecule has 0 radical (unpaired) electrons. The van der Waals surface area contributed by atoms with Crippen molar-refractivity contribution in [3.8, 4) is 28.5 Å². The van der Waals surface area contributed by atoms with Gasteiger partial charge in [0.05, 0.1) is 46.9 Å². The lowest BCUT2D eigenvalue weighted by Crippen LogP contribution is -2.08. The number of phenols is 1. The fourth-order valence-electron chi connectivity index (χ4n) is 4.83. The Kier molecular flexibility index (Phi) is 7.15. The maximum atomic E-state index is 12.2. The summed E-state index contributed by atoms with van der Waals surface area (Å²) in [5.41, 5.74) is 5.44. The van der Waals surface area contributed by atoms with E-state index in [4.69, 9.17) is 19.4 Å². The molecule has 0 aliphatic carbocycles. The van der Waals surface area contributed by atoms with E-state index in [2.05, 4.69) is 29.0 Å². The second-order valence-corrected chi connectivity index (χ2v) is 9.73. The fraction of sp³-hybridized carbons (Fsp3) is 0.300. The van der Waals surface area contributed by atoms with Crippen molar-refractivity contribution in [2.24, 2.45) is 5.92 Å². The van der Waals surface area contributed by atoms with Gasteiger partial charge in [-0.05, 0) is 54.8 Å². The number of carbonyl (C=O) groups excluding carboxylic acids is 1. The average Bonchev–Trinajstić information content (AvgIpc) is 3.48. The van der Waals surface area contributed by atoms with Gasteiger partial charge in [-0.1, -0.05) is 32.0 Å². The van der Waals surface area contributed by atoms with Crippen LogP contribution in [0.4, 0.5) is 0 Å². The van der Waals surface area contributed by atoms with Crippen molar-refractivity contribution in [1.82, 2.24) is 19.1 Å². The average molecular weight is 513 g/mol. The number of hydrogen-bond donors (Lipinski definition) is 1. The third kappa shape index (κ3) is 4.63. The molecule has 3 aromatic carbocycles. The van der Waals surface area contributed by atoms with Gasteiger partial charge in [0, 0.05) is 25.8 Å². The molecule has 38 heavy (non-hydrogen) atoms. The van der Waals surface area contributed by atoms with Crippen LogP contribution in [0, 0.1) is 5.92 Å². The smallest absolute Gasteiger partial charge is 0.337 e. The molecule has 0 saturated carbocycles. The minimum atomic E-state index is -0.391. The third-order valence-corrected chi connectivity index (χ3v) is 6.77. The summed E-state index contributed by atoms with van der Waals surface area (Å²) in [7, 11) is 3.05. The first kappa shape index (κ1) is 25.5. The van der Waals surface area contributed by atoms with Gasteiger partial charge >= 0.3 is 5.97 Å². The molecule has 0 amide bonds. The molecule has 0 aliphatic heterocycles. The van der Waals surface area contributed by atoms with Crippen LogP contribution < -0.4 is 0 Å². The lowest BCUT2D eigenvalue weighted by atomic mass is 10.1. The summed E-state index contributed by atoms with van der Waals surface area (Å²) in [5, 5.41) is 10.6. The summed E-state index contributed by atoms with van der Waals surface area (Å²) in [6.07, 6.45) is 0.971. The lowest BCUT2D eigenvalue weighted by Gasteiger charge is -2.14. The molecule has 0 unspecified atom stereocenters. The van der Waals surface area contributed by atoms with Crippen molar-refractivity contribution in [1.29, 1.82) is 0 Å². The van der Waals surface area contributed by atoms with Crippen molar-refractivity contribution in [2.45, 2.75) is 33.4 Å². The third-order valence-electron chi connectivity index (χ3n) is 6.77. The number of methoxy groups -OCH3 is 2. The Morgan fingerprint density at radius 1 is 0.895 bits per heavy atom. The van der Waals surface area contributed by atoms with Crippen molar-refractivity contribution in [3.05, 3.63) is 66.2 Å². The van der Waals surface area contributed by atoms with Crippen LogP contribution in [0.25, 0.3) is 44.8 Å². The Balaban J connectivity index is 1.78. The van der Waals surface area contributed by atoms with E-state index in [0.717, 1.165) is 46.4 Å². The Morgan fingerprint density at radius 2 is 1.63 bits per heavy atom. The van der Waals surface area contributed by atoms with E-state index in [0.29, 0.717) is 36.0 Å². The molecule has 2 heterocycles. The van der Waals surface area contributed by atoms with Crippen molar-refractivity contribution < 1.29 is 19.4 Å². The summed E-state index contributed by atoms with van der Waals surface area (Å²) < 4.78 is 14.7. The maximum Gasteiger partial charge on any atom is 0.337 e. The van der Waals surface area contributed by atoms with Gasteiger partial charge in [-0.2, -0.15) is 0 Å². The quantitative estimate of drug-likeness (QED) is 0.247. The van der Waals surface area contributed by atoms with Gasteiger partial charge in [-0.3, -0.25) is 0 Å². The molecule has 1 N–H and O–H groups in total. The van der Waals surface area contributed by atoms with Gasteiger partial charge in [-0.25, -0.2) is 14.8 Å². The molecule has 5 aromatic rings. The first-order valence-corrected chi connectivity index (χ1v) is 12.8. The number of carbonyl (C=O) groups is 1. The topological polar surface area (TPSA) is 91.4 Å². The Morgan fingerprint density at radius 3 is 2.37 bits per heavy atom. The predicted molar refractivity (Wildman–Crippen MR) is 148 cm³/mol. The highest BCUT2D eigenvalue weighted by molar-refractivity contribution is 5.97. The molecule has 8 heteroatoms. The molecular formula is C30H32N4O4. The van der Waals surface area contributed by atoms with Crippen LogP contribution in [0.2, 0.25) is 0 Å². The number of nitrogens with zero attached hydrogens (tertiary/aromatic N) is 4. The summed E-state index contributed by atoms with van der Waals surface area (Å²) in [4.78, 5) is 22.2. The standard InChI is InChI=1S/C30H32N4O4/c1-19(2)14-15-33-25-13-12-20(30(36)38-4)18-24(25)32-29(33)22-9-7-10-23-27(22)34(16-17-37-3)28(31-23)21-8-5-6-11-26(21)35/h5-13,18-19,35H,14-17H2,1-4H3. The van der Waals surface area contributed by atoms with Crippen LogP contribution in [-0.2, 0) is 22.6 Å². The zero-order chi connectivity index (χ0) is 26.8. The van der Waals surface area contributed by atoms with Crippen molar-refractivity contribution in [3.63, 3.8) is 0 Å². The molecule has 8 nitrogen and oxygen atoms in total. The number of aryl methyl sites for hydroxylation is 1. The Labute approximate surface area is 221 Å². The van der Waals surface area contributed by atoms with Crippen molar-refractivity contribution in [2.75, 3.05) is 20.8 Å². The molecule has 2 aromatic heterocycles. The molecule has 5 rings (SSSR count). The van der Waals surface area contributed by atoms with E-state index in [9.17, 15) is 9.90 Å². The van der Waals surface area contributed by atoms with E-state index < -0.39 is 5.97 Å². The molecule has 0 aliphatic rings. The van der Waals surface area contributed by atoms with E-state index >= 15 is 0 Å². The van der Waals surface area contributed by atoms with Gasteiger partial charge in [0.2, 0.25) is 0 Å². The van der Waals surface area contributed by atoms with Gasteiger partial charge in [0.15, 0.2) is 0 Å². The highest BCUT2D eigenvalue weighted by atomic mass is 16.5. The molecule has 0 fully saturated rings. The molecule has 196 valence electrons. The zero-order valence-electron chi connectivity index (χ0n) is 22.1.